The highest BCUT2D eigenvalue weighted by atomic mass is 32.2. The van der Waals surface area contributed by atoms with Crippen molar-refractivity contribution in [3.05, 3.63) is 43.3 Å². The predicted octanol–water partition coefficient (Wildman–Crippen LogP) is 8.25. The second-order valence-electron chi connectivity index (χ2n) is 24.2. The number of hydrogen-bond donors (Lipinski definition) is 5. The van der Waals surface area contributed by atoms with Crippen LogP contribution >= 0.6 is 34.4 Å². The number of aromatic nitrogens is 2. The number of aryl methyl sites for hydroxylation is 2. The molecule has 0 aliphatic carbocycles. The number of ether oxygens (including phenoxy) is 4. The Kier molecular flexibility index (Phi) is 26.0. The van der Waals surface area contributed by atoms with Crippen molar-refractivity contribution in [2.24, 2.45) is 34.5 Å². The van der Waals surface area contributed by atoms with Gasteiger partial charge < -0.3 is 44.5 Å². The molecule has 81 heavy (non-hydrogen) atoms. The van der Waals surface area contributed by atoms with Gasteiger partial charge in [0.15, 0.2) is 0 Å². The van der Waals surface area contributed by atoms with Crippen molar-refractivity contribution in [3.8, 4) is 0 Å². The van der Waals surface area contributed by atoms with Crippen molar-refractivity contribution in [1.82, 2.24) is 19.8 Å². The highest BCUT2D eigenvalue weighted by Crippen LogP contribution is 2.41. The lowest BCUT2D eigenvalue weighted by atomic mass is 9.73. The molecule has 4 aliphatic heterocycles. The van der Waals surface area contributed by atoms with Crippen LogP contribution < -0.4 is 0 Å². The van der Waals surface area contributed by atoms with Crippen LogP contribution in [0.4, 0.5) is 4.79 Å². The number of carbonyl (C=O) groups excluding carboxylic acids is 5. The summed E-state index contributed by atoms with van der Waals surface area (Å²) in [6, 6.07) is 0.700. The van der Waals surface area contributed by atoms with Crippen LogP contribution in [0.25, 0.3) is 12.2 Å². The number of cyclic esters (lactones) is 2. The number of esters is 2. The van der Waals surface area contributed by atoms with Crippen molar-refractivity contribution in [2.75, 3.05) is 44.9 Å². The van der Waals surface area contributed by atoms with Gasteiger partial charge in [-0.3, -0.25) is 29.0 Å². The molecule has 0 saturated carbocycles. The van der Waals surface area contributed by atoms with Gasteiger partial charge >= 0.3 is 18.1 Å². The van der Waals surface area contributed by atoms with E-state index in [1.54, 1.807) is 76.0 Å². The predicted molar refractivity (Wildman–Crippen MR) is 317 cm³/mol. The van der Waals surface area contributed by atoms with Gasteiger partial charge in [-0.05, 0) is 94.8 Å². The standard InChI is InChI=1S/C32H50N2O8S2.C28H44N2O6S/c1-19-9-8-10-24-25(34(24)11-12-40-31(39)41-13-14-43-7)16-26(20(2)15-23-18-44-22(4)33-23)42-28(36)17-27(35)32(5,6)30(38)21(3)29(19)37;1-16-8-7-9-21-22(30(21)10-11-31)13-23(17(2)12-20-15-37-19(4)29-20)36-25(33)14-24(32)28(5,6)27(35)18(3)26(16)34/h15,18-19,21,24-27,29,35,37H,8-14,16-17H2,1-7H3;12,15-16,18,21-24,26,31-32,34H,7-11,13-14H2,1-6H3/b20-15+;17-12+/t19-,21+,24+,25-,26-,27-,29-,34?;16?,18?,21-,22?,23?,24?,26+,30?/m01/s1. The lowest BCUT2D eigenvalue weighted by Gasteiger charge is -2.34. The first-order valence-electron chi connectivity index (χ1n) is 28.9. The molecule has 0 bridgehead atoms. The lowest BCUT2D eigenvalue weighted by Crippen LogP contribution is -2.45. The number of nitrogens with zero attached hydrogens (tertiary/aromatic N) is 4. The first-order valence-corrected chi connectivity index (χ1v) is 32.1. The second kappa shape index (κ2) is 31.0. The summed E-state index contributed by atoms with van der Waals surface area (Å²) in [6.45, 7) is 23.1. The number of aliphatic hydroxyl groups excluding tert-OH is 5. The Bertz CT molecular complexity index is 2460. The Hall–Kier alpha value is -3.64. The number of ketones is 2. The zero-order valence-electron chi connectivity index (χ0n) is 50.1. The minimum absolute atomic E-state index is 0.0559. The summed E-state index contributed by atoms with van der Waals surface area (Å²) in [5, 5.41) is 59.3. The van der Waals surface area contributed by atoms with Crippen LogP contribution in [0.5, 0.6) is 0 Å². The van der Waals surface area contributed by atoms with Gasteiger partial charge in [0.2, 0.25) is 0 Å². The first kappa shape index (κ1) is 68.1. The quantitative estimate of drug-likeness (QED) is 0.0580. The van der Waals surface area contributed by atoms with E-state index in [-0.39, 0.29) is 73.6 Å². The van der Waals surface area contributed by atoms with Gasteiger partial charge in [0.1, 0.15) is 37.0 Å². The van der Waals surface area contributed by atoms with Crippen LogP contribution in [-0.2, 0) is 38.1 Å². The summed E-state index contributed by atoms with van der Waals surface area (Å²) < 4.78 is 22.3. The van der Waals surface area contributed by atoms with Gasteiger partial charge in [-0.15, -0.1) is 22.7 Å². The third-order valence-corrected chi connectivity index (χ3v) is 19.5. The molecular formula is C60H94N4O14S3. The molecule has 6 rings (SSSR count). The van der Waals surface area contributed by atoms with E-state index in [1.807, 2.05) is 70.7 Å². The van der Waals surface area contributed by atoms with Gasteiger partial charge in [-0.25, -0.2) is 14.8 Å². The number of hydrogen-bond acceptors (Lipinski definition) is 21. The zero-order valence-corrected chi connectivity index (χ0v) is 52.6. The SMILES string of the molecule is C/C(=C\c1csc(C)n1)C1CC2[C@@H](CCCC(C)[C@H](O)C(C)C(=O)C(C)(C)C(O)CC(=O)O1)N2CCO.CSCCOC(=O)OCCN1[C@@H]2CCC[C@H](C)[C@H](O)[C@@H](C)C(=O)C(C)(C)[C@@H](O)CC(=O)O[C@H](/C(C)=C/c3csc(C)n3)C[C@@H]21. The summed E-state index contributed by atoms with van der Waals surface area (Å²) in [5.74, 6) is -2.57. The molecule has 16 atom stereocenters. The highest BCUT2D eigenvalue weighted by Gasteiger charge is 2.50. The molecule has 18 nitrogen and oxygen atoms in total. The molecule has 4 aliphatic rings. The first-order chi connectivity index (χ1) is 38.1. The smallest absolute Gasteiger partial charge is 0.458 e. The molecule has 0 amide bonds. The molecule has 21 heteroatoms. The highest BCUT2D eigenvalue weighted by molar-refractivity contribution is 7.98. The summed E-state index contributed by atoms with van der Waals surface area (Å²) >= 11 is 4.68. The molecule has 0 spiro atoms. The molecule has 0 radical (unpaired) electrons. The van der Waals surface area contributed by atoms with E-state index < -0.39 is 77.4 Å². The molecule has 2 aromatic rings. The summed E-state index contributed by atoms with van der Waals surface area (Å²) in [6.07, 6.45) is 5.24. The van der Waals surface area contributed by atoms with E-state index in [2.05, 4.69) is 19.8 Å². The van der Waals surface area contributed by atoms with Gasteiger partial charge in [0, 0.05) is 78.4 Å². The normalized spacial score (nSPS) is 33.9. The maximum atomic E-state index is 13.4. The molecule has 5 N–H and O–H groups in total. The van der Waals surface area contributed by atoms with Gasteiger partial charge in [-0.2, -0.15) is 11.8 Å². The molecule has 4 saturated heterocycles. The Balaban J connectivity index is 0.000000302. The van der Waals surface area contributed by atoms with E-state index in [0.717, 1.165) is 71.1 Å². The summed E-state index contributed by atoms with van der Waals surface area (Å²) in [4.78, 5) is 78.4. The van der Waals surface area contributed by atoms with Crippen molar-refractivity contribution in [1.29, 1.82) is 0 Å². The van der Waals surface area contributed by atoms with E-state index in [9.17, 15) is 49.5 Å². The average Bonchev–Trinajstić information content (AvgIpc) is 4.24. The van der Waals surface area contributed by atoms with E-state index in [4.69, 9.17) is 18.9 Å². The molecule has 0 aromatic carbocycles. The van der Waals surface area contributed by atoms with Crippen LogP contribution in [0.1, 0.15) is 155 Å². The molecular weight excluding hydrogens is 1100 g/mol. The van der Waals surface area contributed by atoms with Crippen LogP contribution in [0.2, 0.25) is 0 Å². The molecule has 4 fully saturated rings. The zero-order chi connectivity index (χ0) is 60.1. The number of aliphatic hydroxyl groups is 5. The van der Waals surface area contributed by atoms with E-state index >= 15 is 0 Å². The minimum Gasteiger partial charge on any atom is -0.458 e. The largest absolute Gasteiger partial charge is 0.508 e. The molecule has 456 valence electrons. The van der Waals surface area contributed by atoms with Crippen LogP contribution in [-0.4, -0.2) is 181 Å². The van der Waals surface area contributed by atoms with Gasteiger partial charge in [-0.1, -0.05) is 68.2 Å². The maximum absolute atomic E-state index is 13.4. The lowest BCUT2D eigenvalue weighted by molar-refractivity contribution is -0.156. The Labute approximate surface area is 492 Å². The topological polar surface area (TPSA) is 255 Å². The van der Waals surface area contributed by atoms with Gasteiger partial charge in [0.25, 0.3) is 0 Å². The summed E-state index contributed by atoms with van der Waals surface area (Å²) in [7, 11) is 0. The fourth-order valence-electron chi connectivity index (χ4n) is 11.7. The number of rotatable bonds is 12. The van der Waals surface area contributed by atoms with Crippen LogP contribution in [0.3, 0.4) is 0 Å². The second-order valence-corrected chi connectivity index (χ2v) is 27.3. The van der Waals surface area contributed by atoms with E-state index in [1.165, 1.54) is 0 Å². The van der Waals surface area contributed by atoms with Crippen molar-refractivity contribution < 1.29 is 68.5 Å². The number of β-amino-alcohol motifs (C(OH)–C–C–N with tert-alkyl or cyclic N) is 1. The average molecular weight is 1190 g/mol. The number of Topliss-reactive ketones (excluding diaryl/α,β-unsaturated/α-hetero) is 2. The number of thiazole rings is 2. The van der Waals surface area contributed by atoms with E-state index in [0.29, 0.717) is 38.3 Å². The van der Waals surface area contributed by atoms with Gasteiger partial charge in [0.05, 0.1) is 76.1 Å². The van der Waals surface area contributed by atoms with Crippen LogP contribution in [0.15, 0.2) is 21.9 Å². The summed E-state index contributed by atoms with van der Waals surface area (Å²) in [5.41, 5.74) is 0.844. The van der Waals surface area contributed by atoms with Crippen molar-refractivity contribution in [3.63, 3.8) is 0 Å². The van der Waals surface area contributed by atoms with Crippen molar-refractivity contribution >= 4 is 76.2 Å². The fourth-order valence-corrected chi connectivity index (χ4v) is 13.1. The number of thioether (sulfide) groups is 1. The third-order valence-electron chi connectivity index (χ3n) is 17.3. The molecule has 7 unspecified atom stereocenters. The Morgan fingerprint density at radius 1 is 0.679 bits per heavy atom. The number of fused-ring (bicyclic) bond motifs is 2. The number of carbonyl (C=O) groups is 5. The Morgan fingerprint density at radius 3 is 1.47 bits per heavy atom. The molecule has 2 aromatic heterocycles. The monoisotopic (exact) mass is 1190 g/mol. The minimum atomic E-state index is -1.27. The molecule has 6 heterocycles. The Morgan fingerprint density at radius 2 is 1.09 bits per heavy atom. The fraction of sp³-hybridized carbons (Fsp3) is 0.750. The van der Waals surface area contributed by atoms with Crippen molar-refractivity contribution in [2.45, 2.75) is 208 Å². The van der Waals surface area contributed by atoms with Crippen LogP contribution in [0, 0.1) is 48.3 Å². The third kappa shape index (κ3) is 19.2. The maximum Gasteiger partial charge on any atom is 0.508 e.